The summed E-state index contributed by atoms with van der Waals surface area (Å²) in [5.41, 5.74) is 2.97. The van der Waals surface area contributed by atoms with E-state index in [9.17, 15) is 14.9 Å². The molecule has 0 atom stereocenters. The van der Waals surface area contributed by atoms with Crippen molar-refractivity contribution in [3.8, 4) is 0 Å². The van der Waals surface area contributed by atoms with Gasteiger partial charge in [-0.25, -0.2) is 0 Å². The third kappa shape index (κ3) is 3.29. The van der Waals surface area contributed by atoms with Crippen molar-refractivity contribution in [3.63, 3.8) is 0 Å². The SMILES string of the molecule is CC1=NN(c2cc([N+](=O)[O-])ccc2Cl)C(=O)/C1=C\c1ccc(C)cc1. The van der Waals surface area contributed by atoms with Crippen LogP contribution in [-0.2, 0) is 4.79 Å². The number of aryl methyl sites for hydroxylation is 1. The first-order valence-electron chi connectivity index (χ1n) is 7.49. The topological polar surface area (TPSA) is 75.8 Å². The number of anilines is 1. The maximum atomic E-state index is 12.7. The molecule has 0 bridgehead atoms. The molecule has 0 aromatic heterocycles. The number of non-ortho nitro benzene ring substituents is 1. The van der Waals surface area contributed by atoms with Gasteiger partial charge in [0.2, 0.25) is 0 Å². The van der Waals surface area contributed by atoms with Gasteiger partial charge >= 0.3 is 0 Å². The zero-order chi connectivity index (χ0) is 18.1. The summed E-state index contributed by atoms with van der Waals surface area (Å²) in [6, 6.07) is 11.6. The van der Waals surface area contributed by atoms with Crippen LogP contribution in [0.5, 0.6) is 0 Å². The van der Waals surface area contributed by atoms with E-state index in [1.54, 1.807) is 13.0 Å². The number of hydrogen-bond acceptors (Lipinski definition) is 4. The van der Waals surface area contributed by atoms with Crippen molar-refractivity contribution in [2.24, 2.45) is 5.10 Å². The largest absolute Gasteiger partial charge is 0.280 e. The molecule has 0 fully saturated rings. The van der Waals surface area contributed by atoms with Crippen molar-refractivity contribution in [1.82, 2.24) is 0 Å². The molecule has 0 unspecified atom stereocenters. The number of rotatable bonds is 3. The smallest absolute Gasteiger partial charge is 0.267 e. The summed E-state index contributed by atoms with van der Waals surface area (Å²) in [5.74, 6) is -0.375. The van der Waals surface area contributed by atoms with E-state index < -0.39 is 4.92 Å². The zero-order valence-electron chi connectivity index (χ0n) is 13.6. The van der Waals surface area contributed by atoms with Gasteiger partial charge in [-0.2, -0.15) is 10.1 Å². The number of carbonyl (C=O) groups excluding carboxylic acids is 1. The summed E-state index contributed by atoms with van der Waals surface area (Å²) >= 11 is 6.11. The monoisotopic (exact) mass is 355 g/mol. The number of benzene rings is 2. The third-order valence-electron chi connectivity index (χ3n) is 3.82. The van der Waals surface area contributed by atoms with Crippen LogP contribution in [-0.4, -0.2) is 16.5 Å². The molecule has 2 aromatic rings. The van der Waals surface area contributed by atoms with Gasteiger partial charge in [-0.15, -0.1) is 0 Å². The van der Waals surface area contributed by atoms with Crippen LogP contribution in [0.3, 0.4) is 0 Å². The van der Waals surface area contributed by atoms with Gasteiger partial charge in [0.15, 0.2) is 0 Å². The molecular formula is C18H14ClN3O3. The van der Waals surface area contributed by atoms with Gasteiger partial charge in [0.05, 0.1) is 26.9 Å². The highest BCUT2D eigenvalue weighted by atomic mass is 35.5. The fourth-order valence-electron chi connectivity index (χ4n) is 2.45. The predicted molar refractivity (Wildman–Crippen MR) is 97.9 cm³/mol. The fourth-order valence-corrected chi connectivity index (χ4v) is 2.65. The van der Waals surface area contributed by atoms with Crippen LogP contribution in [0, 0.1) is 17.0 Å². The molecule has 0 radical (unpaired) electrons. The first-order valence-corrected chi connectivity index (χ1v) is 7.87. The Hall–Kier alpha value is -2.99. The fraction of sp³-hybridized carbons (Fsp3) is 0.111. The highest BCUT2D eigenvalue weighted by Crippen LogP contribution is 2.34. The molecule has 1 amide bonds. The summed E-state index contributed by atoms with van der Waals surface area (Å²) in [5, 5.41) is 16.5. The van der Waals surface area contributed by atoms with E-state index in [0.717, 1.165) is 16.1 Å². The summed E-state index contributed by atoms with van der Waals surface area (Å²) in [4.78, 5) is 23.2. The molecule has 2 aromatic carbocycles. The first kappa shape index (κ1) is 16.9. The van der Waals surface area contributed by atoms with Gasteiger partial charge in [-0.3, -0.25) is 14.9 Å². The molecule has 1 heterocycles. The molecule has 0 saturated carbocycles. The van der Waals surface area contributed by atoms with E-state index in [1.165, 1.54) is 18.2 Å². The summed E-state index contributed by atoms with van der Waals surface area (Å²) in [7, 11) is 0. The van der Waals surface area contributed by atoms with E-state index in [0.29, 0.717) is 11.3 Å². The zero-order valence-corrected chi connectivity index (χ0v) is 14.3. The molecule has 6 nitrogen and oxygen atoms in total. The van der Waals surface area contributed by atoms with Crippen molar-refractivity contribution in [1.29, 1.82) is 0 Å². The highest BCUT2D eigenvalue weighted by molar-refractivity contribution is 6.37. The number of nitro benzene ring substituents is 1. The van der Waals surface area contributed by atoms with Crippen LogP contribution in [0.15, 0.2) is 53.1 Å². The number of hydrogen-bond donors (Lipinski definition) is 0. The highest BCUT2D eigenvalue weighted by Gasteiger charge is 2.31. The van der Waals surface area contributed by atoms with Crippen molar-refractivity contribution < 1.29 is 9.72 Å². The molecule has 3 rings (SSSR count). The maximum Gasteiger partial charge on any atom is 0.280 e. The molecule has 1 aliphatic heterocycles. The predicted octanol–water partition coefficient (Wildman–Crippen LogP) is 4.36. The number of halogens is 1. The second-order valence-electron chi connectivity index (χ2n) is 5.66. The first-order chi connectivity index (χ1) is 11.9. The lowest BCUT2D eigenvalue weighted by atomic mass is 10.1. The van der Waals surface area contributed by atoms with Gasteiger partial charge in [-0.1, -0.05) is 41.4 Å². The van der Waals surface area contributed by atoms with Gasteiger partial charge in [0.1, 0.15) is 0 Å². The van der Waals surface area contributed by atoms with Gasteiger partial charge < -0.3 is 0 Å². The van der Waals surface area contributed by atoms with Crippen molar-refractivity contribution in [2.45, 2.75) is 13.8 Å². The van der Waals surface area contributed by atoms with Crippen LogP contribution in [0.1, 0.15) is 18.1 Å². The van der Waals surface area contributed by atoms with Gasteiger partial charge in [0.25, 0.3) is 11.6 Å². The van der Waals surface area contributed by atoms with Crippen LogP contribution in [0.25, 0.3) is 6.08 Å². The Labute approximate surface area is 149 Å². The van der Waals surface area contributed by atoms with E-state index in [1.807, 2.05) is 31.2 Å². The second kappa shape index (κ2) is 6.49. The van der Waals surface area contributed by atoms with E-state index in [4.69, 9.17) is 11.6 Å². The number of amides is 1. The molecule has 0 aliphatic carbocycles. The lowest BCUT2D eigenvalue weighted by Gasteiger charge is -2.13. The normalized spacial score (nSPS) is 15.6. The van der Waals surface area contributed by atoms with Crippen LogP contribution in [0.2, 0.25) is 5.02 Å². The van der Waals surface area contributed by atoms with Gasteiger partial charge in [0, 0.05) is 12.1 Å². The van der Waals surface area contributed by atoms with Crippen LogP contribution in [0.4, 0.5) is 11.4 Å². The molecule has 0 spiro atoms. The minimum absolute atomic E-state index is 0.156. The Balaban J connectivity index is 1.99. The molecule has 126 valence electrons. The molecule has 0 saturated heterocycles. The Morgan fingerprint density at radius 2 is 1.84 bits per heavy atom. The van der Waals surface area contributed by atoms with Crippen LogP contribution < -0.4 is 5.01 Å². The average Bonchev–Trinajstić information content (AvgIpc) is 2.85. The second-order valence-corrected chi connectivity index (χ2v) is 6.07. The lowest BCUT2D eigenvalue weighted by molar-refractivity contribution is -0.384. The van der Waals surface area contributed by atoms with E-state index in [2.05, 4.69) is 5.10 Å². The Kier molecular flexibility index (Phi) is 4.37. The standard InChI is InChI=1S/C18H14ClN3O3/c1-11-3-5-13(6-4-11)9-15-12(2)20-21(18(15)23)17-10-14(22(24)25)7-8-16(17)19/h3-10H,1-2H3/b15-9-. The van der Waals surface area contributed by atoms with E-state index >= 15 is 0 Å². The quantitative estimate of drug-likeness (QED) is 0.466. The molecule has 0 N–H and O–H groups in total. The van der Waals surface area contributed by atoms with Crippen LogP contribution >= 0.6 is 11.6 Å². The Morgan fingerprint density at radius 1 is 1.16 bits per heavy atom. The third-order valence-corrected chi connectivity index (χ3v) is 4.14. The average molecular weight is 356 g/mol. The maximum absolute atomic E-state index is 12.7. The van der Waals surface area contributed by atoms with E-state index in [-0.39, 0.29) is 22.3 Å². The summed E-state index contributed by atoms with van der Waals surface area (Å²) < 4.78 is 0. The Morgan fingerprint density at radius 3 is 2.48 bits per heavy atom. The number of nitrogens with zero attached hydrogens (tertiary/aromatic N) is 3. The van der Waals surface area contributed by atoms with Gasteiger partial charge in [-0.05, 0) is 31.6 Å². The molecule has 25 heavy (non-hydrogen) atoms. The Bertz CT molecular complexity index is 933. The van der Waals surface area contributed by atoms with Crippen molar-refractivity contribution >= 4 is 40.7 Å². The summed E-state index contributed by atoms with van der Waals surface area (Å²) in [6.45, 7) is 3.69. The minimum atomic E-state index is -0.542. The minimum Gasteiger partial charge on any atom is -0.267 e. The molecule has 7 heteroatoms. The van der Waals surface area contributed by atoms with Crippen molar-refractivity contribution in [2.75, 3.05) is 5.01 Å². The number of carbonyl (C=O) groups is 1. The van der Waals surface area contributed by atoms with Crippen molar-refractivity contribution in [3.05, 3.63) is 74.3 Å². The number of hydrazone groups is 1. The molecular weight excluding hydrogens is 342 g/mol. The summed E-state index contributed by atoms with van der Waals surface area (Å²) in [6.07, 6.45) is 1.74. The molecule has 1 aliphatic rings. The lowest BCUT2D eigenvalue weighted by Crippen LogP contribution is -2.21. The number of nitro groups is 1.